The van der Waals surface area contributed by atoms with Crippen molar-refractivity contribution in [2.75, 3.05) is 49.1 Å². The summed E-state index contributed by atoms with van der Waals surface area (Å²) in [7, 11) is 0. The molecule has 2 fully saturated rings. The van der Waals surface area contributed by atoms with E-state index >= 15 is 0 Å². The number of hydrogen-bond donors (Lipinski definition) is 1. The first-order valence-corrected chi connectivity index (χ1v) is 11.5. The highest BCUT2D eigenvalue weighted by Crippen LogP contribution is 2.28. The Hall–Kier alpha value is -2.73. The average Bonchev–Trinajstić information content (AvgIpc) is 3.25. The van der Waals surface area contributed by atoms with Crippen LogP contribution in [-0.4, -0.2) is 60.0 Å². The Morgan fingerprint density at radius 1 is 1.00 bits per heavy atom. The maximum atomic E-state index is 13.1. The maximum Gasteiger partial charge on any atom is 0.225 e. The number of nitrogens with one attached hydrogen (secondary N) is 1. The lowest BCUT2D eigenvalue weighted by Crippen LogP contribution is -2.52. The van der Waals surface area contributed by atoms with Crippen molar-refractivity contribution in [3.05, 3.63) is 53.1 Å². The van der Waals surface area contributed by atoms with Crippen LogP contribution in [0.25, 0.3) is 11.0 Å². The number of fused-ring (bicyclic) bond motifs is 1. The number of H-pyrrole nitrogens is 1. The number of piperazine rings is 1. The molecule has 1 amide bonds. The fraction of sp³-hybridized carbons (Fsp3) is 0.417. The summed E-state index contributed by atoms with van der Waals surface area (Å²) >= 11 is 6.19. The van der Waals surface area contributed by atoms with Gasteiger partial charge in [0.1, 0.15) is 0 Å². The molecule has 0 atom stereocenters. The van der Waals surface area contributed by atoms with Gasteiger partial charge in [-0.15, -0.1) is 0 Å². The Labute approximate surface area is 187 Å². The van der Waals surface area contributed by atoms with E-state index in [0.29, 0.717) is 5.91 Å². The van der Waals surface area contributed by atoms with E-state index in [1.54, 1.807) is 0 Å². The molecule has 1 aromatic heterocycles. The first-order chi connectivity index (χ1) is 15.1. The molecule has 0 saturated carbocycles. The van der Waals surface area contributed by atoms with E-state index in [1.807, 2.05) is 36.4 Å². The van der Waals surface area contributed by atoms with E-state index in [0.717, 1.165) is 74.1 Å². The fourth-order valence-electron chi connectivity index (χ4n) is 4.78. The molecule has 2 aliphatic heterocycles. The number of anilines is 2. The van der Waals surface area contributed by atoms with Crippen LogP contribution >= 0.6 is 11.6 Å². The predicted octanol–water partition coefficient (Wildman–Crippen LogP) is 4.09. The largest absolute Gasteiger partial charge is 0.368 e. The van der Waals surface area contributed by atoms with Gasteiger partial charge in [-0.1, -0.05) is 29.8 Å². The summed E-state index contributed by atoms with van der Waals surface area (Å²) in [6.45, 7) is 7.08. The minimum Gasteiger partial charge on any atom is -0.368 e. The summed E-state index contributed by atoms with van der Waals surface area (Å²) < 4.78 is 0. The van der Waals surface area contributed by atoms with Gasteiger partial charge in [-0.2, -0.15) is 0 Å². The number of hydrogen-bond acceptors (Lipinski definition) is 4. The summed E-state index contributed by atoms with van der Waals surface area (Å²) in [5.74, 6) is 1.34. The zero-order valence-electron chi connectivity index (χ0n) is 17.9. The standard InChI is InChI=1S/C24H28ClN5O/c1-17-6-7-19(25)16-22(17)28-12-14-29(15-13-28)23(31)18-8-10-30(11-9-18)24-26-20-4-2-3-5-21(20)27-24/h2-7,16,18H,8-15H2,1H3,(H,26,27). The number of aryl methyl sites for hydroxylation is 1. The highest BCUT2D eigenvalue weighted by Gasteiger charge is 2.31. The van der Waals surface area contributed by atoms with Gasteiger partial charge in [0.05, 0.1) is 11.0 Å². The first kappa shape index (κ1) is 20.2. The van der Waals surface area contributed by atoms with Crippen molar-refractivity contribution >= 4 is 40.2 Å². The predicted molar refractivity (Wildman–Crippen MR) is 126 cm³/mol. The number of imidazole rings is 1. The van der Waals surface area contributed by atoms with Crippen molar-refractivity contribution in [1.29, 1.82) is 0 Å². The molecule has 7 heteroatoms. The van der Waals surface area contributed by atoms with Crippen LogP contribution in [-0.2, 0) is 4.79 Å². The summed E-state index contributed by atoms with van der Waals surface area (Å²) in [6.07, 6.45) is 1.76. The minimum absolute atomic E-state index is 0.111. The van der Waals surface area contributed by atoms with Crippen molar-refractivity contribution in [2.24, 2.45) is 5.92 Å². The third kappa shape index (κ3) is 4.09. The van der Waals surface area contributed by atoms with E-state index in [2.05, 4.69) is 32.7 Å². The van der Waals surface area contributed by atoms with Crippen LogP contribution in [0.3, 0.4) is 0 Å². The quantitative estimate of drug-likeness (QED) is 0.670. The molecule has 6 nitrogen and oxygen atoms in total. The number of benzene rings is 2. The van der Waals surface area contributed by atoms with Crippen LogP contribution in [0.2, 0.25) is 5.02 Å². The topological polar surface area (TPSA) is 55.5 Å². The monoisotopic (exact) mass is 437 g/mol. The molecule has 5 rings (SSSR count). The molecule has 1 N–H and O–H groups in total. The van der Waals surface area contributed by atoms with Gasteiger partial charge in [-0.05, 0) is 49.6 Å². The molecule has 2 aliphatic rings. The molecular formula is C24H28ClN5O. The highest BCUT2D eigenvalue weighted by atomic mass is 35.5. The second-order valence-corrected chi connectivity index (χ2v) is 9.02. The lowest BCUT2D eigenvalue weighted by atomic mass is 9.95. The van der Waals surface area contributed by atoms with Gasteiger partial charge < -0.3 is 19.7 Å². The highest BCUT2D eigenvalue weighted by molar-refractivity contribution is 6.30. The number of rotatable bonds is 3. The molecule has 2 saturated heterocycles. The number of carbonyl (C=O) groups is 1. The Kier molecular flexibility index (Phi) is 5.48. The van der Waals surface area contributed by atoms with Crippen LogP contribution in [0.1, 0.15) is 18.4 Å². The normalized spacial score (nSPS) is 18.1. The van der Waals surface area contributed by atoms with Crippen LogP contribution in [0.4, 0.5) is 11.6 Å². The number of aromatic nitrogens is 2. The molecule has 162 valence electrons. The fourth-order valence-corrected chi connectivity index (χ4v) is 4.94. The van der Waals surface area contributed by atoms with Crippen molar-refractivity contribution in [1.82, 2.24) is 14.9 Å². The van der Waals surface area contributed by atoms with Gasteiger partial charge in [-0.3, -0.25) is 4.79 Å². The summed E-state index contributed by atoms with van der Waals surface area (Å²) in [6, 6.07) is 14.1. The number of carbonyl (C=O) groups excluding carboxylic acids is 1. The molecule has 31 heavy (non-hydrogen) atoms. The third-order valence-corrected chi connectivity index (χ3v) is 6.86. The summed E-state index contributed by atoms with van der Waals surface area (Å²) in [5.41, 5.74) is 4.45. The number of aromatic amines is 1. The van der Waals surface area contributed by atoms with Crippen LogP contribution in [0.15, 0.2) is 42.5 Å². The second kappa shape index (κ2) is 8.42. The van der Waals surface area contributed by atoms with Gasteiger partial charge in [0.25, 0.3) is 0 Å². The Bertz CT molecular complexity index is 1050. The number of para-hydroxylation sites is 2. The first-order valence-electron chi connectivity index (χ1n) is 11.1. The van der Waals surface area contributed by atoms with Crippen molar-refractivity contribution in [2.45, 2.75) is 19.8 Å². The zero-order chi connectivity index (χ0) is 21.4. The average molecular weight is 438 g/mol. The number of piperidine rings is 1. The van der Waals surface area contributed by atoms with Crippen LogP contribution in [0, 0.1) is 12.8 Å². The molecule has 0 bridgehead atoms. The molecule has 0 radical (unpaired) electrons. The Balaban J connectivity index is 1.16. The lowest BCUT2D eigenvalue weighted by Gasteiger charge is -2.39. The molecule has 0 spiro atoms. The van der Waals surface area contributed by atoms with E-state index in [9.17, 15) is 4.79 Å². The van der Waals surface area contributed by atoms with Gasteiger partial charge >= 0.3 is 0 Å². The van der Waals surface area contributed by atoms with Crippen molar-refractivity contribution in [3.63, 3.8) is 0 Å². The lowest BCUT2D eigenvalue weighted by molar-refractivity contribution is -0.136. The number of halogens is 1. The van der Waals surface area contributed by atoms with Gasteiger partial charge in [0.15, 0.2) is 0 Å². The second-order valence-electron chi connectivity index (χ2n) is 8.58. The van der Waals surface area contributed by atoms with Crippen LogP contribution in [0.5, 0.6) is 0 Å². The van der Waals surface area contributed by atoms with Crippen LogP contribution < -0.4 is 9.80 Å². The summed E-state index contributed by atoms with van der Waals surface area (Å²) in [4.78, 5) is 27.9. The third-order valence-electron chi connectivity index (χ3n) is 6.62. The Morgan fingerprint density at radius 3 is 2.48 bits per heavy atom. The number of amides is 1. The number of nitrogens with zero attached hydrogens (tertiary/aromatic N) is 4. The minimum atomic E-state index is 0.111. The smallest absolute Gasteiger partial charge is 0.225 e. The molecular weight excluding hydrogens is 410 g/mol. The maximum absolute atomic E-state index is 13.1. The molecule has 3 aromatic rings. The Morgan fingerprint density at radius 2 is 1.74 bits per heavy atom. The molecule has 2 aromatic carbocycles. The van der Waals surface area contributed by atoms with Crippen molar-refractivity contribution < 1.29 is 4.79 Å². The van der Waals surface area contributed by atoms with Gasteiger partial charge in [0, 0.05) is 55.9 Å². The van der Waals surface area contributed by atoms with E-state index in [-0.39, 0.29) is 5.92 Å². The summed E-state index contributed by atoms with van der Waals surface area (Å²) in [5, 5.41) is 0.760. The molecule has 0 unspecified atom stereocenters. The van der Waals surface area contributed by atoms with E-state index < -0.39 is 0 Å². The van der Waals surface area contributed by atoms with Gasteiger partial charge in [0.2, 0.25) is 11.9 Å². The van der Waals surface area contributed by atoms with Crippen molar-refractivity contribution in [3.8, 4) is 0 Å². The van der Waals surface area contributed by atoms with E-state index in [4.69, 9.17) is 16.6 Å². The SMILES string of the molecule is Cc1ccc(Cl)cc1N1CCN(C(=O)C2CCN(c3nc4ccccc4[nH]3)CC2)CC1. The van der Waals surface area contributed by atoms with Gasteiger partial charge in [-0.25, -0.2) is 4.98 Å². The van der Waals surface area contributed by atoms with E-state index in [1.165, 1.54) is 11.3 Å². The molecule has 3 heterocycles. The zero-order valence-corrected chi connectivity index (χ0v) is 18.6. The molecule has 0 aliphatic carbocycles.